The third-order valence-electron chi connectivity index (χ3n) is 8.80. The van der Waals surface area contributed by atoms with Gasteiger partial charge in [-0.15, -0.1) is 0 Å². The van der Waals surface area contributed by atoms with Crippen molar-refractivity contribution in [2.75, 3.05) is 40.4 Å². The number of ketones is 1. The predicted molar refractivity (Wildman–Crippen MR) is 170 cm³/mol. The first kappa shape index (κ1) is 32.7. The van der Waals surface area contributed by atoms with Gasteiger partial charge in [0.1, 0.15) is 12.1 Å². The lowest BCUT2D eigenvalue weighted by atomic mass is 9.65. The quantitative estimate of drug-likeness (QED) is 0.229. The topological polar surface area (TPSA) is 146 Å². The first-order valence-corrected chi connectivity index (χ1v) is 15.6. The molecule has 6 rings (SSSR count). The minimum absolute atomic E-state index is 0.0453. The third-order valence-corrected chi connectivity index (χ3v) is 8.80. The maximum atomic E-state index is 15.4. The van der Waals surface area contributed by atoms with Crippen molar-refractivity contribution in [1.82, 2.24) is 29.7 Å². The number of pyridine rings is 4. The fourth-order valence-electron chi connectivity index (χ4n) is 6.90. The number of methoxy groups -OCH3 is 2. The fraction of sp³-hybridized carbons (Fsp3) is 0.343. The molecule has 2 saturated heterocycles. The van der Waals surface area contributed by atoms with Crippen LogP contribution in [0.4, 0.5) is 9.59 Å². The zero-order chi connectivity index (χ0) is 33.6. The van der Waals surface area contributed by atoms with Crippen LogP contribution in [0.2, 0.25) is 0 Å². The average Bonchev–Trinajstić information content (AvgIpc) is 3.13. The highest BCUT2D eigenvalue weighted by molar-refractivity contribution is 6.01. The molecule has 48 heavy (non-hydrogen) atoms. The van der Waals surface area contributed by atoms with Crippen molar-refractivity contribution >= 4 is 18.1 Å². The summed E-state index contributed by atoms with van der Waals surface area (Å²) in [7, 11) is 2.36. The standard InChI is InChI=1S/C35H36N6O7/c1-45-32(43)47-34-23-40(21-15-25-11-3-7-17-36-25)24-35(31(34)42,48-33(44)46-2)30(28-14-6-10-20-39-28)41(22-16-26-12-4-8-18-37-26)29(34)27-13-5-9-19-38-27/h3-14,17-20,29-30H,15-16,21-24H2,1-2H3. The summed E-state index contributed by atoms with van der Waals surface area (Å²) in [6.45, 7) is 0.590. The van der Waals surface area contributed by atoms with E-state index in [-0.39, 0.29) is 13.1 Å². The van der Waals surface area contributed by atoms with Gasteiger partial charge >= 0.3 is 12.3 Å². The lowest BCUT2D eigenvalue weighted by molar-refractivity contribution is -0.228. The molecule has 0 N–H and O–H groups in total. The van der Waals surface area contributed by atoms with Crippen LogP contribution in [0.1, 0.15) is 34.9 Å². The zero-order valence-electron chi connectivity index (χ0n) is 26.7. The Bertz CT molecular complexity index is 1620. The summed E-state index contributed by atoms with van der Waals surface area (Å²) in [6, 6.07) is 20.0. The molecule has 4 aromatic rings. The minimum atomic E-state index is -1.95. The highest BCUT2D eigenvalue weighted by Gasteiger charge is 2.74. The van der Waals surface area contributed by atoms with Crippen molar-refractivity contribution in [3.8, 4) is 0 Å². The summed E-state index contributed by atoms with van der Waals surface area (Å²) in [5.41, 5.74) is -1.35. The van der Waals surface area contributed by atoms with Crippen molar-refractivity contribution in [2.24, 2.45) is 0 Å². The van der Waals surface area contributed by atoms with Gasteiger partial charge in [0.15, 0.2) is 0 Å². The van der Waals surface area contributed by atoms with Crippen LogP contribution in [0.3, 0.4) is 0 Å². The second kappa shape index (κ2) is 14.2. The number of rotatable bonds is 10. The Morgan fingerprint density at radius 3 is 1.50 bits per heavy atom. The van der Waals surface area contributed by atoms with Gasteiger partial charge in [-0.05, 0) is 48.5 Å². The lowest BCUT2D eigenvalue weighted by Crippen LogP contribution is -2.80. The minimum Gasteiger partial charge on any atom is -0.438 e. The monoisotopic (exact) mass is 652 g/mol. The molecule has 0 amide bonds. The van der Waals surface area contributed by atoms with Crippen LogP contribution in [0.5, 0.6) is 0 Å². The number of fused-ring (bicyclic) bond motifs is 2. The number of Topliss-reactive ketones (excluding diaryl/α,β-unsaturated/α-hetero) is 1. The van der Waals surface area contributed by atoms with Crippen LogP contribution in [0.15, 0.2) is 97.6 Å². The molecule has 0 radical (unpaired) electrons. The summed E-state index contributed by atoms with van der Waals surface area (Å²) >= 11 is 0. The lowest BCUT2D eigenvalue weighted by Gasteiger charge is -2.61. The van der Waals surface area contributed by atoms with Gasteiger partial charge in [0.2, 0.25) is 17.0 Å². The first-order chi connectivity index (χ1) is 23.4. The molecule has 13 nitrogen and oxygen atoms in total. The van der Waals surface area contributed by atoms with Crippen molar-refractivity contribution < 1.29 is 33.3 Å². The zero-order valence-corrected chi connectivity index (χ0v) is 26.7. The molecule has 0 aliphatic carbocycles. The molecule has 2 aliphatic rings. The Balaban J connectivity index is 1.58. The largest absolute Gasteiger partial charge is 0.509 e. The van der Waals surface area contributed by atoms with Crippen molar-refractivity contribution in [1.29, 1.82) is 0 Å². The Hall–Kier alpha value is -5.27. The van der Waals surface area contributed by atoms with Gasteiger partial charge in [-0.1, -0.05) is 24.3 Å². The van der Waals surface area contributed by atoms with Crippen molar-refractivity contribution in [3.05, 3.63) is 120 Å². The number of hydrogen-bond donors (Lipinski definition) is 0. The molecular weight excluding hydrogens is 616 g/mol. The van der Waals surface area contributed by atoms with E-state index in [9.17, 15) is 9.59 Å². The summed E-state index contributed by atoms with van der Waals surface area (Å²) in [5, 5.41) is 0. The Morgan fingerprint density at radius 1 is 0.667 bits per heavy atom. The van der Waals surface area contributed by atoms with E-state index in [2.05, 4.69) is 9.97 Å². The highest BCUT2D eigenvalue weighted by Crippen LogP contribution is 2.55. The fourth-order valence-corrected chi connectivity index (χ4v) is 6.90. The molecule has 2 fully saturated rings. The van der Waals surface area contributed by atoms with Gasteiger partial charge in [0.25, 0.3) is 0 Å². The highest BCUT2D eigenvalue weighted by atomic mass is 16.7. The number of hydrogen-bond acceptors (Lipinski definition) is 13. The van der Waals surface area contributed by atoms with Crippen molar-refractivity contribution in [2.45, 2.75) is 36.1 Å². The molecule has 6 heterocycles. The summed E-state index contributed by atoms with van der Waals surface area (Å²) in [4.78, 5) is 64.0. The first-order valence-electron chi connectivity index (χ1n) is 15.6. The van der Waals surface area contributed by atoms with Crippen LogP contribution in [-0.2, 0) is 36.6 Å². The third kappa shape index (κ3) is 6.34. The predicted octanol–water partition coefficient (Wildman–Crippen LogP) is 3.78. The van der Waals surface area contributed by atoms with E-state index in [0.29, 0.717) is 37.3 Å². The molecule has 4 aromatic heterocycles. The van der Waals surface area contributed by atoms with Gasteiger partial charge in [-0.25, -0.2) is 9.59 Å². The van der Waals surface area contributed by atoms with E-state index in [1.807, 2.05) is 46.2 Å². The Kier molecular flexibility index (Phi) is 9.69. The smallest absolute Gasteiger partial charge is 0.438 e. The summed E-state index contributed by atoms with van der Waals surface area (Å²) in [5.74, 6) is -0.625. The Morgan fingerprint density at radius 2 is 1.10 bits per heavy atom. The van der Waals surface area contributed by atoms with Gasteiger partial charge in [0, 0.05) is 75.2 Å². The number of aromatic nitrogens is 4. The van der Waals surface area contributed by atoms with Crippen LogP contribution < -0.4 is 0 Å². The molecule has 0 saturated carbocycles. The molecule has 4 unspecified atom stereocenters. The van der Waals surface area contributed by atoms with E-state index in [1.165, 1.54) is 14.2 Å². The average molecular weight is 653 g/mol. The number of nitrogens with zero attached hydrogens (tertiary/aromatic N) is 6. The molecule has 4 atom stereocenters. The van der Waals surface area contributed by atoms with Gasteiger partial charge < -0.3 is 18.9 Å². The van der Waals surface area contributed by atoms with Crippen LogP contribution in [0.25, 0.3) is 0 Å². The normalized spacial score (nSPS) is 24.0. The molecule has 13 heteroatoms. The Labute approximate surface area is 277 Å². The molecular formula is C35H36N6O7. The maximum absolute atomic E-state index is 15.4. The van der Waals surface area contributed by atoms with E-state index >= 15 is 4.79 Å². The molecule has 2 aliphatic heterocycles. The van der Waals surface area contributed by atoms with Gasteiger partial charge in [-0.3, -0.25) is 34.5 Å². The van der Waals surface area contributed by atoms with Crippen LogP contribution in [0, 0.1) is 0 Å². The van der Waals surface area contributed by atoms with Crippen molar-refractivity contribution in [3.63, 3.8) is 0 Å². The number of ether oxygens (including phenoxy) is 4. The van der Waals surface area contributed by atoms with E-state index < -0.39 is 41.4 Å². The van der Waals surface area contributed by atoms with Gasteiger partial charge in [-0.2, -0.15) is 0 Å². The maximum Gasteiger partial charge on any atom is 0.509 e. The van der Waals surface area contributed by atoms with Gasteiger partial charge in [0.05, 0.1) is 25.6 Å². The SMILES string of the molecule is COC(=O)OC12CN(CCc3ccccn3)CC(OC(=O)OC)(C1=O)C(c1ccccn1)N(CCc1ccccn1)C2c1ccccn1. The van der Waals surface area contributed by atoms with E-state index in [0.717, 1.165) is 11.4 Å². The molecule has 2 bridgehead atoms. The molecule has 248 valence electrons. The molecule has 0 aromatic carbocycles. The summed E-state index contributed by atoms with van der Waals surface area (Å²) in [6.07, 6.45) is 5.46. The second-order valence-corrected chi connectivity index (χ2v) is 11.6. The number of piperidine rings is 2. The van der Waals surface area contributed by atoms with E-state index in [4.69, 9.17) is 28.9 Å². The number of carbonyl (C=O) groups excluding carboxylic acids is 3. The van der Waals surface area contributed by atoms with Crippen LogP contribution >= 0.6 is 0 Å². The van der Waals surface area contributed by atoms with Crippen LogP contribution in [-0.4, -0.2) is 99.4 Å². The van der Waals surface area contributed by atoms with E-state index in [1.54, 1.807) is 61.2 Å². The number of likely N-dealkylation sites (tertiary alicyclic amines) is 2. The second-order valence-electron chi connectivity index (χ2n) is 11.6. The number of carbonyl (C=O) groups is 3. The summed E-state index contributed by atoms with van der Waals surface area (Å²) < 4.78 is 22.3. The molecule has 0 spiro atoms.